The first-order chi connectivity index (χ1) is 23.9. The molecule has 4 aromatic carbocycles. The summed E-state index contributed by atoms with van der Waals surface area (Å²) in [6, 6.07) is 32.1. The van der Waals surface area contributed by atoms with E-state index in [0.717, 1.165) is 10.5 Å². The summed E-state index contributed by atoms with van der Waals surface area (Å²) >= 11 is 1.52. The highest BCUT2D eigenvalue weighted by Crippen LogP contribution is 2.33. The van der Waals surface area contributed by atoms with Gasteiger partial charge >= 0.3 is 0 Å². The van der Waals surface area contributed by atoms with E-state index < -0.39 is 11.8 Å². The number of carbonyl (C=O) groups is 3. The lowest BCUT2D eigenvalue weighted by atomic mass is 10.1. The van der Waals surface area contributed by atoms with Gasteiger partial charge in [-0.3, -0.25) is 14.4 Å². The van der Waals surface area contributed by atoms with Crippen LogP contribution in [0.5, 0.6) is 17.2 Å². The van der Waals surface area contributed by atoms with Crippen LogP contribution in [0.4, 0.5) is 11.4 Å². The maximum absolute atomic E-state index is 13.5. The lowest BCUT2D eigenvalue weighted by Crippen LogP contribution is -2.30. The van der Waals surface area contributed by atoms with E-state index >= 15 is 0 Å². The predicted octanol–water partition coefficient (Wildman–Crippen LogP) is 7.26. The molecule has 0 fully saturated rings. The summed E-state index contributed by atoms with van der Waals surface area (Å²) in [5.41, 5.74) is 2.33. The normalized spacial score (nSPS) is 12.1. The van der Waals surface area contributed by atoms with Crippen molar-refractivity contribution < 1.29 is 33.0 Å². The van der Waals surface area contributed by atoms with Crippen molar-refractivity contribution in [3.8, 4) is 28.6 Å². The SMILES string of the molecule is COc1ccccc1-c1ccc(/C=C(/NC(=O)c2ccccc2)C(=O)Nc2ccc(SCCC(=O)Nc3ccc4c(c3)OCCO4)cc2)o1. The van der Waals surface area contributed by atoms with Gasteiger partial charge < -0.3 is 34.6 Å². The predicted molar refractivity (Wildman–Crippen MR) is 189 cm³/mol. The number of benzene rings is 4. The third-order valence-electron chi connectivity index (χ3n) is 7.35. The molecule has 10 nitrogen and oxygen atoms in total. The number of methoxy groups -OCH3 is 1. The minimum atomic E-state index is -0.532. The molecule has 11 heteroatoms. The van der Waals surface area contributed by atoms with E-state index in [1.54, 1.807) is 79.9 Å². The van der Waals surface area contributed by atoms with Crippen molar-refractivity contribution in [1.82, 2.24) is 5.32 Å². The molecular weight excluding hydrogens is 642 g/mol. The Morgan fingerprint density at radius 2 is 1.53 bits per heavy atom. The first kappa shape index (κ1) is 33.0. The van der Waals surface area contributed by atoms with Gasteiger partial charge in [-0.05, 0) is 72.8 Å². The maximum Gasteiger partial charge on any atom is 0.272 e. The van der Waals surface area contributed by atoms with Gasteiger partial charge in [0.05, 0.1) is 12.7 Å². The minimum absolute atomic E-state index is 0.00254. The van der Waals surface area contributed by atoms with Crippen molar-refractivity contribution in [3.63, 3.8) is 0 Å². The standard InChI is InChI=1S/C38H33N3O7S/c1-45-32-10-6-5-9-30(32)33-18-14-28(48-33)24-31(41-37(43)25-7-3-2-4-8-25)38(44)40-26-11-15-29(16-12-26)49-22-19-36(42)39-27-13-17-34-35(23-27)47-21-20-46-34/h2-18,23-24H,19-22H2,1H3,(H,39,42)(H,40,44)(H,41,43)/b31-24+. The fourth-order valence-corrected chi connectivity index (χ4v) is 5.80. The molecule has 49 heavy (non-hydrogen) atoms. The van der Waals surface area contributed by atoms with Crippen LogP contribution in [0.2, 0.25) is 0 Å². The first-order valence-electron chi connectivity index (χ1n) is 15.5. The molecule has 0 radical (unpaired) electrons. The molecule has 0 saturated heterocycles. The van der Waals surface area contributed by atoms with Gasteiger partial charge in [0.1, 0.15) is 36.2 Å². The van der Waals surface area contributed by atoms with Crippen LogP contribution in [0.1, 0.15) is 22.5 Å². The number of nitrogens with one attached hydrogen (secondary N) is 3. The molecule has 0 saturated carbocycles. The van der Waals surface area contributed by atoms with Gasteiger partial charge in [0.25, 0.3) is 11.8 Å². The number of amides is 3. The second-order valence-electron chi connectivity index (χ2n) is 10.8. The molecule has 0 bridgehead atoms. The molecule has 0 atom stereocenters. The number of hydrogen-bond donors (Lipinski definition) is 3. The third-order valence-corrected chi connectivity index (χ3v) is 8.36. The summed E-state index contributed by atoms with van der Waals surface area (Å²) in [5, 5.41) is 8.47. The summed E-state index contributed by atoms with van der Waals surface area (Å²) in [4.78, 5) is 40.0. The van der Waals surface area contributed by atoms with E-state index in [1.807, 2.05) is 36.4 Å². The zero-order chi connectivity index (χ0) is 34.0. The van der Waals surface area contributed by atoms with Gasteiger partial charge in [0.15, 0.2) is 11.5 Å². The molecule has 0 unspecified atom stereocenters. The molecule has 1 aliphatic heterocycles. The van der Waals surface area contributed by atoms with Gasteiger partial charge in [-0.2, -0.15) is 0 Å². The Morgan fingerprint density at radius 3 is 2.33 bits per heavy atom. The number of thioether (sulfide) groups is 1. The average molecular weight is 676 g/mol. The second-order valence-corrected chi connectivity index (χ2v) is 11.9. The zero-order valence-corrected chi connectivity index (χ0v) is 27.4. The minimum Gasteiger partial charge on any atom is -0.496 e. The van der Waals surface area contributed by atoms with Gasteiger partial charge in [0.2, 0.25) is 5.91 Å². The summed E-state index contributed by atoms with van der Waals surface area (Å²) in [6.45, 7) is 0.983. The zero-order valence-electron chi connectivity index (χ0n) is 26.6. The van der Waals surface area contributed by atoms with Crippen LogP contribution in [0.25, 0.3) is 17.4 Å². The number of fused-ring (bicyclic) bond motifs is 1. The second kappa shape index (κ2) is 15.8. The number of rotatable bonds is 12. The fraction of sp³-hybridized carbons (Fsp3) is 0.132. The lowest BCUT2D eigenvalue weighted by molar-refractivity contribution is -0.116. The average Bonchev–Trinajstić information content (AvgIpc) is 3.60. The molecule has 6 rings (SSSR count). The van der Waals surface area contributed by atoms with Gasteiger partial charge in [-0.25, -0.2) is 0 Å². The van der Waals surface area contributed by atoms with Crippen LogP contribution in [0, 0.1) is 0 Å². The van der Waals surface area contributed by atoms with E-state index in [2.05, 4.69) is 16.0 Å². The molecule has 1 aromatic heterocycles. The number of anilines is 2. The Hall–Kier alpha value is -5.94. The Morgan fingerprint density at radius 1 is 0.796 bits per heavy atom. The molecule has 248 valence electrons. The van der Waals surface area contributed by atoms with Crippen LogP contribution in [0.3, 0.4) is 0 Å². The number of furan rings is 1. The smallest absolute Gasteiger partial charge is 0.272 e. The van der Waals surface area contributed by atoms with Gasteiger partial charge in [-0.1, -0.05) is 30.3 Å². The number of ether oxygens (including phenoxy) is 3. The Labute approximate surface area is 287 Å². The largest absolute Gasteiger partial charge is 0.496 e. The fourth-order valence-electron chi connectivity index (χ4n) is 4.95. The Kier molecular flexibility index (Phi) is 10.6. The van der Waals surface area contributed by atoms with Crippen LogP contribution >= 0.6 is 11.8 Å². The number of para-hydroxylation sites is 1. The van der Waals surface area contributed by atoms with Crippen molar-refractivity contribution in [2.75, 3.05) is 36.7 Å². The van der Waals surface area contributed by atoms with E-state index in [-0.39, 0.29) is 11.6 Å². The molecule has 3 amide bonds. The summed E-state index contributed by atoms with van der Waals surface area (Å²) in [7, 11) is 1.58. The van der Waals surface area contributed by atoms with Gasteiger partial charge in [0, 0.05) is 46.1 Å². The number of carbonyl (C=O) groups excluding carboxylic acids is 3. The van der Waals surface area contributed by atoms with Crippen LogP contribution in [0.15, 0.2) is 124 Å². The molecule has 0 spiro atoms. The van der Waals surface area contributed by atoms with Crippen molar-refractivity contribution >= 4 is 46.9 Å². The van der Waals surface area contributed by atoms with Crippen molar-refractivity contribution in [1.29, 1.82) is 0 Å². The quantitative estimate of drug-likeness (QED) is 0.0932. The highest BCUT2D eigenvalue weighted by atomic mass is 32.2. The number of hydrogen-bond acceptors (Lipinski definition) is 8. The molecule has 0 aliphatic carbocycles. The Bertz CT molecular complexity index is 1970. The highest BCUT2D eigenvalue weighted by Gasteiger charge is 2.17. The van der Waals surface area contributed by atoms with E-state index in [4.69, 9.17) is 18.6 Å². The monoisotopic (exact) mass is 675 g/mol. The topological polar surface area (TPSA) is 128 Å². The van der Waals surface area contributed by atoms with Gasteiger partial charge in [-0.15, -0.1) is 11.8 Å². The summed E-state index contributed by atoms with van der Waals surface area (Å²) < 4.78 is 22.6. The molecule has 1 aliphatic rings. The molecule has 3 N–H and O–H groups in total. The van der Waals surface area contributed by atoms with Crippen molar-refractivity contribution in [2.24, 2.45) is 0 Å². The van der Waals surface area contributed by atoms with E-state index in [1.165, 1.54) is 17.8 Å². The molecule has 5 aromatic rings. The van der Waals surface area contributed by atoms with Crippen molar-refractivity contribution in [3.05, 3.63) is 126 Å². The van der Waals surface area contributed by atoms with E-state index in [0.29, 0.717) is 71.1 Å². The summed E-state index contributed by atoms with van der Waals surface area (Å²) in [6.07, 6.45) is 1.79. The first-order valence-corrected chi connectivity index (χ1v) is 16.5. The van der Waals surface area contributed by atoms with Crippen molar-refractivity contribution in [2.45, 2.75) is 11.3 Å². The third kappa shape index (κ3) is 8.70. The van der Waals surface area contributed by atoms with Crippen LogP contribution < -0.4 is 30.2 Å². The highest BCUT2D eigenvalue weighted by molar-refractivity contribution is 7.99. The van der Waals surface area contributed by atoms with Crippen LogP contribution in [-0.4, -0.2) is 43.8 Å². The summed E-state index contributed by atoms with van der Waals surface area (Å²) in [5.74, 6) is 2.31. The van der Waals surface area contributed by atoms with Crippen LogP contribution in [-0.2, 0) is 9.59 Å². The maximum atomic E-state index is 13.5. The Balaban J connectivity index is 1.08. The lowest BCUT2D eigenvalue weighted by Gasteiger charge is -2.19. The van der Waals surface area contributed by atoms with E-state index in [9.17, 15) is 14.4 Å². The molecule has 2 heterocycles. The molecular formula is C38H33N3O7S.